The SMILES string of the molecule is CC1(C)OCC(N)=NC(C)(c2cc(-c3cc(F)cc(F)c3)ccc2F)C1(F)F. The number of aliphatic imine (C=N–C) groups is 1. The molecule has 0 saturated carbocycles. The van der Waals surface area contributed by atoms with Gasteiger partial charge in [-0.15, -0.1) is 0 Å². The molecule has 2 aromatic rings. The van der Waals surface area contributed by atoms with Crippen LogP contribution in [0.15, 0.2) is 41.4 Å². The Balaban J connectivity index is 2.25. The number of benzene rings is 2. The van der Waals surface area contributed by atoms with E-state index in [4.69, 9.17) is 10.5 Å². The summed E-state index contributed by atoms with van der Waals surface area (Å²) in [5, 5.41) is 0. The molecule has 0 saturated heterocycles. The summed E-state index contributed by atoms with van der Waals surface area (Å²) >= 11 is 0. The Morgan fingerprint density at radius 3 is 2.14 bits per heavy atom. The Morgan fingerprint density at radius 1 is 0.929 bits per heavy atom. The third kappa shape index (κ3) is 3.15. The Labute approximate surface area is 159 Å². The number of nitrogens with zero attached hydrogens (tertiary/aromatic N) is 1. The van der Waals surface area contributed by atoms with E-state index < -0.39 is 40.1 Å². The number of halogens is 5. The molecule has 1 aliphatic rings. The lowest BCUT2D eigenvalue weighted by molar-refractivity contribution is -0.214. The molecule has 0 radical (unpaired) electrons. The summed E-state index contributed by atoms with van der Waals surface area (Å²) < 4.78 is 77.9. The molecule has 0 spiro atoms. The topological polar surface area (TPSA) is 47.6 Å². The maximum Gasteiger partial charge on any atom is 0.304 e. The van der Waals surface area contributed by atoms with Crippen LogP contribution >= 0.6 is 0 Å². The second kappa shape index (κ2) is 6.55. The predicted octanol–water partition coefficient (Wildman–Crippen LogP) is 4.79. The van der Waals surface area contributed by atoms with Crippen molar-refractivity contribution in [1.29, 1.82) is 0 Å². The van der Waals surface area contributed by atoms with E-state index in [1.807, 2.05) is 0 Å². The fraction of sp³-hybridized carbons (Fsp3) is 0.350. The van der Waals surface area contributed by atoms with E-state index in [0.29, 0.717) is 6.07 Å². The first kappa shape index (κ1) is 20.3. The first-order valence-corrected chi connectivity index (χ1v) is 8.50. The molecule has 0 fully saturated rings. The zero-order valence-corrected chi connectivity index (χ0v) is 15.5. The van der Waals surface area contributed by atoms with E-state index in [1.54, 1.807) is 0 Å². The van der Waals surface area contributed by atoms with Crippen LogP contribution in [0.2, 0.25) is 0 Å². The van der Waals surface area contributed by atoms with Crippen LogP contribution in [0.4, 0.5) is 22.0 Å². The smallest absolute Gasteiger partial charge is 0.304 e. The molecule has 150 valence electrons. The van der Waals surface area contributed by atoms with Crippen LogP contribution in [-0.2, 0) is 10.3 Å². The number of ether oxygens (including phenoxy) is 1. The number of rotatable bonds is 2. The predicted molar refractivity (Wildman–Crippen MR) is 95.7 cm³/mol. The van der Waals surface area contributed by atoms with Gasteiger partial charge in [-0.05, 0) is 56.2 Å². The normalized spacial score (nSPS) is 23.8. The zero-order chi connectivity index (χ0) is 20.9. The van der Waals surface area contributed by atoms with Gasteiger partial charge in [0.25, 0.3) is 0 Å². The number of alkyl halides is 2. The molecule has 1 unspecified atom stereocenters. The number of nitrogens with two attached hydrogens (primary N) is 1. The molecule has 2 aromatic carbocycles. The van der Waals surface area contributed by atoms with E-state index in [9.17, 15) is 13.2 Å². The van der Waals surface area contributed by atoms with Crippen molar-refractivity contribution < 1.29 is 26.7 Å². The van der Waals surface area contributed by atoms with Gasteiger partial charge in [0, 0.05) is 11.6 Å². The summed E-state index contributed by atoms with van der Waals surface area (Å²) in [6, 6.07) is 6.05. The number of hydrogen-bond donors (Lipinski definition) is 1. The van der Waals surface area contributed by atoms with E-state index in [0.717, 1.165) is 31.2 Å². The second-order valence-electron chi connectivity index (χ2n) is 7.40. The van der Waals surface area contributed by atoms with Crippen LogP contribution in [0.5, 0.6) is 0 Å². The van der Waals surface area contributed by atoms with Crippen molar-refractivity contribution in [2.75, 3.05) is 6.61 Å². The first-order valence-electron chi connectivity index (χ1n) is 8.50. The standard InChI is InChI=1S/C20H19F5N2O/c1-18(2)20(24,25)19(3,27-17(26)10-28-18)15-8-11(4-5-16(15)23)12-6-13(21)9-14(22)7-12/h4-9H,10H2,1-3H3,(H2,26,27). The lowest BCUT2D eigenvalue weighted by Crippen LogP contribution is -2.56. The maximum atomic E-state index is 15.4. The van der Waals surface area contributed by atoms with Gasteiger partial charge < -0.3 is 10.5 Å². The third-order valence-corrected chi connectivity index (χ3v) is 5.00. The van der Waals surface area contributed by atoms with Gasteiger partial charge in [0.2, 0.25) is 0 Å². The van der Waals surface area contributed by atoms with Gasteiger partial charge in [0.1, 0.15) is 35.5 Å². The molecular formula is C20H19F5N2O. The zero-order valence-electron chi connectivity index (χ0n) is 15.5. The summed E-state index contributed by atoms with van der Waals surface area (Å²) in [4.78, 5) is 3.89. The molecule has 28 heavy (non-hydrogen) atoms. The second-order valence-corrected chi connectivity index (χ2v) is 7.40. The largest absolute Gasteiger partial charge is 0.385 e. The van der Waals surface area contributed by atoms with Crippen LogP contribution in [0.3, 0.4) is 0 Å². The summed E-state index contributed by atoms with van der Waals surface area (Å²) in [5.74, 6) is -6.51. The maximum absolute atomic E-state index is 15.4. The molecule has 0 amide bonds. The highest BCUT2D eigenvalue weighted by atomic mass is 19.3. The van der Waals surface area contributed by atoms with Crippen molar-refractivity contribution in [3.63, 3.8) is 0 Å². The van der Waals surface area contributed by atoms with Crippen molar-refractivity contribution in [2.24, 2.45) is 10.7 Å². The van der Waals surface area contributed by atoms with E-state index in [-0.39, 0.29) is 23.6 Å². The molecule has 3 nitrogen and oxygen atoms in total. The molecule has 0 aromatic heterocycles. The fourth-order valence-corrected chi connectivity index (χ4v) is 3.35. The number of amidine groups is 1. The van der Waals surface area contributed by atoms with Gasteiger partial charge in [-0.1, -0.05) is 6.07 Å². The molecule has 8 heteroatoms. The summed E-state index contributed by atoms with van der Waals surface area (Å²) in [5.41, 5.74) is 1.07. The van der Waals surface area contributed by atoms with Crippen LogP contribution in [0.1, 0.15) is 26.3 Å². The monoisotopic (exact) mass is 398 g/mol. The summed E-state index contributed by atoms with van der Waals surface area (Å²) in [7, 11) is 0. The highest BCUT2D eigenvalue weighted by Gasteiger charge is 2.63. The summed E-state index contributed by atoms with van der Waals surface area (Å²) in [6.45, 7) is 3.06. The van der Waals surface area contributed by atoms with E-state index in [1.165, 1.54) is 19.9 Å². The van der Waals surface area contributed by atoms with Gasteiger partial charge in [-0.2, -0.15) is 0 Å². The van der Waals surface area contributed by atoms with Crippen LogP contribution in [0.25, 0.3) is 11.1 Å². The van der Waals surface area contributed by atoms with Crippen LogP contribution in [-0.4, -0.2) is 24.0 Å². The summed E-state index contributed by atoms with van der Waals surface area (Å²) in [6.07, 6.45) is 0. The Bertz CT molecular complexity index is 937. The Kier molecular flexibility index (Phi) is 4.74. The molecule has 0 aliphatic carbocycles. The van der Waals surface area contributed by atoms with Crippen molar-refractivity contribution in [2.45, 2.75) is 37.8 Å². The quantitative estimate of drug-likeness (QED) is 0.740. The first-order chi connectivity index (χ1) is 12.9. The molecule has 1 atom stereocenters. The Morgan fingerprint density at radius 2 is 1.54 bits per heavy atom. The van der Waals surface area contributed by atoms with Gasteiger partial charge in [0.15, 0.2) is 5.54 Å². The van der Waals surface area contributed by atoms with Gasteiger partial charge in [-0.3, -0.25) is 4.99 Å². The van der Waals surface area contributed by atoms with E-state index in [2.05, 4.69) is 4.99 Å². The average molecular weight is 398 g/mol. The molecule has 1 aliphatic heterocycles. The fourth-order valence-electron chi connectivity index (χ4n) is 3.35. The highest BCUT2D eigenvalue weighted by molar-refractivity contribution is 5.82. The van der Waals surface area contributed by atoms with Gasteiger partial charge in [0.05, 0.1) is 0 Å². The molecule has 2 N–H and O–H groups in total. The third-order valence-electron chi connectivity index (χ3n) is 5.00. The highest BCUT2D eigenvalue weighted by Crippen LogP contribution is 2.51. The number of hydrogen-bond acceptors (Lipinski definition) is 3. The molecule has 0 bridgehead atoms. The van der Waals surface area contributed by atoms with Gasteiger partial charge in [-0.25, -0.2) is 22.0 Å². The minimum atomic E-state index is -3.66. The van der Waals surface area contributed by atoms with Crippen molar-refractivity contribution >= 4 is 5.84 Å². The van der Waals surface area contributed by atoms with Gasteiger partial charge >= 0.3 is 5.92 Å². The Hall–Kier alpha value is -2.48. The van der Waals surface area contributed by atoms with Crippen molar-refractivity contribution in [3.05, 3.63) is 59.4 Å². The van der Waals surface area contributed by atoms with E-state index >= 15 is 8.78 Å². The lowest BCUT2D eigenvalue weighted by atomic mass is 9.77. The van der Waals surface area contributed by atoms with Crippen molar-refractivity contribution in [3.8, 4) is 11.1 Å². The van der Waals surface area contributed by atoms with Crippen LogP contribution in [0, 0.1) is 17.5 Å². The minimum Gasteiger partial charge on any atom is -0.385 e. The molecular weight excluding hydrogens is 379 g/mol. The lowest BCUT2D eigenvalue weighted by Gasteiger charge is -2.42. The molecule has 1 heterocycles. The van der Waals surface area contributed by atoms with Crippen LogP contribution < -0.4 is 5.73 Å². The molecule has 3 rings (SSSR count). The average Bonchev–Trinajstić information content (AvgIpc) is 2.64. The minimum absolute atomic E-state index is 0.0757. The van der Waals surface area contributed by atoms with Crippen molar-refractivity contribution in [1.82, 2.24) is 0 Å².